The van der Waals surface area contributed by atoms with Gasteiger partial charge in [0.1, 0.15) is 12.4 Å². The van der Waals surface area contributed by atoms with E-state index in [9.17, 15) is 5.11 Å². The highest BCUT2D eigenvalue weighted by atomic mass is 16.5. The summed E-state index contributed by atoms with van der Waals surface area (Å²) in [5.74, 6) is 1.95. The molecular formula is C17H26O3. The molecule has 2 rings (SSSR count). The molecular weight excluding hydrogens is 252 g/mol. The summed E-state index contributed by atoms with van der Waals surface area (Å²) in [7, 11) is 1.66. The molecule has 1 aliphatic rings. The number of hydrogen-bond donors (Lipinski definition) is 1. The standard InChI is InChI=1S/C17H26O3/c1-13-7-9-14(10-8-13)17(18)15-5-3-4-6-16(15)20-12-11-19-2/h3-6,13-14,17-18H,7-12H2,1-2H3. The summed E-state index contributed by atoms with van der Waals surface area (Å²) in [6, 6.07) is 7.82. The number of hydrogen-bond acceptors (Lipinski definition) is 3. The summed E-state index contributed by atoms with van der Waals surface area (Å²) in [5, 5.41) is 10.7. The first kappa shape index (κ1) is 15.3. The smallest absolute Gasteiger partial charge is 0.125 e. The van der Waals surface area contributed by atoms with Crippen LogP contribution in [-0.2, 0) is 4.74 Å². The fourth-order valence-electron chi connectivity index (χ4n) is 2.95. The van der Waals surface area contributed by atoms with Gasteiger partial charge in [0.25, 0.3) is 0 Å². The Morgan fingerprint density at radius 1 is 1.15 bits per heavy atom. The Hall–Kier alpha value is -1.06. The van der Waals surface area contributed by atoms with Crippen LogP contribution in [0.1, 0.15) is 44.3 Å². The Morgan fingerprint density at radius 3 is 2.55 bits per heavy atom. The molecule has 0 amide bonds. The Morgan fingerprint density at radius 2 is 1.85 bits per heavy atom. The van der Waals surface area contributed by atoms with Crippen molar-refractivity contribution in [3.8, 4) is 5.75 Å². The maximum atomic E-state index is 10.7. The highest BCUT2D eigenvalue weighted by molar-refractivity contribution is 5.35. The SMILES string of the molecule is COCCOc1ccccc1C(O)C1CCC(C)CC1. The predicted molar refractivity (Wildman–Crippen MR) is 79.9 cm³/mol. The van der Waals surface area contributed by atoms with Crippen LogP contribution in [0.15, 0.2) is 24.3 Å². The van der Waals surface area contributed by atoms with Crippen molar-refractivity contribution in [1.82, 2.24) is 0 Å². The van der Waals surface area contributed by atoms with Crippen molar-refractivity contribution in [3.05, 3.63) is 29.8 Å². The largest absolute Gasteiger partial charge is 0.491 e. The Labute approximate surface area is 121 Å². The average molecular weight is 278 g/mol. The number of ether oxygens (including phenoxy) is 2. The molecule has 1 unspecified atom stereocenters. The topological polar surface area (TPSA) is 38.7 Å². The van der Waals surface area contributed by atoms with Crippen LogP contribution in [0.25, 0.3) is 0 Å². The number of benzene rings is 1. The molecule has 0 aliphatic heterocycles. The van der Waals surface area contributed by atoms with E-state index in [1.807, 2.05) is 24.3 Å². The fourth-order valence-corrected chi connectivity index (χ4v) is 2.95. The number of methoxy groups -OCH3 is 1. The van der Waals surface area contributed by atoms with Gasteiger partial charge in [0.05, 0.1) is 12.7 Å². The van der Waals surface area contributed by atoms with E-state index in [1.165, 1.54) is 12.8 Å². The molecule has 1 N–H and O–H groups in total. The third-order valence-electron chi connectivity index (χ3n) is 4.29. The maximum Gasteiger partial charge on any atom is 0.125 e. The summed E-state index contributed by atoms with van der Waals surface area (Å²) < 4.78 is 10.7. The summed E-state index contributed by atoms with van der Waals surface area (Å²) in [6.07, 6.45) is 4.23. The van der Waals surface area contributed by atoms with Crippen molar-refractivity contribution >= 4 is 0 Å². The van der Waals surface area contributed by atoms with Crippen molar-refractivity contribution in [1.29, 1.82) is 0 Å². The molecule has 1 atom stereocenters. The third kappa shape index (κ3) is 3.97. The molecule has 3 heteroatoms. The summed E-state index contributed by atoms with van der Waals surface area (Å²) in [6.45, 7) is 3.37. The van der Waals surface area contributed by atoms with Gasteiger partial charge in [-0.2, -0.15) is 0 Å². The molecule has 1 saturated carbocycles. The van der Waals surface area contributed by atoms with Crippen LogP contribution >= 0.6 is 0 Å². The molecule has 0 spiro atoms. The van der Waals surface area contributed by atoms with Gasteiger partial charge in [0.2, 0.25) is 0 Å². The molecule has 0 heterocycles. The van der Waals surface area contributed by atoms with Crippen molar-refractivity contribution in [2.45, 2.75) is 38.7 Å². The lowest BCUT2D eigenvalue weighted by Crippen LogP contribution is -2.20. The molecule has 1 aliphatic carbocycles. The minimum Gasteiger partial charge on any atom is -0.491 e. The van der Waals surface area contributed by atoms with E-state index in [-0.39, 0.29) is 0 Å². The summed E-state index contributed by atoms with van der Waals surface area (Å²) >= 11 is 0. The summed E-state index contributed by atoms with van der Waals surface area (Å²) in [5.41, 5.74) is 0.920. The first-order chi connectivity index (χ1) is 9.72. The van der Waals surface area contributed by atoms with E-state index in [4.69, 9.17) is 9.47 Å². The molecule has 1 aromatic rings. The Bertz CT molecular complexity index is 397. The van der Waals surface area contributed by atoms with E-state index in [0.29, 0.717) is 19.1 Å². The zero-order valence-corrected chi connectivity index (χ0v) is 12.5. The lowest BCUT2D eigenvalue weighted by Gasteiger charge is -2.30. The third-order valence-corrected chi connectivity index (χ3v) is 4.29. The van der Waals surface area contributed by atoms with Crippen LogP contribution in [0.3, 0.4) is 0 Å². The van der Waals surface area contributed by atoms with E-state index in [1.54, 1.807) is 7.11 Å². The molecule has 112 valence electrons. The van der Waals surface area contributed by atoms with Crippen LogP contribution in [0.4, 0.5) is 0 Å². The van der Waals surface area contributed by atoms with Gasteiger partial charge < -0.3 is 14.6 Å². The molecule has 0 radical (unpaired) electrons. The van der Waals surface area contributed by atoms with Gasteiger partial charge in [-0.3, -0.25) is 0 Å². The van der Waals surface area contributed by atoms with E-state index in [2.05, 4.69) is 6.92 Å². The van der Waals surface area contributed by atoms with Crippen LogP contribution in [-0.4, -0.2) is 25.4 Å². The quantitative estimate of drug-likeness (QED) is 0.808. The monoisotopic (exact) mass is 278 g/mol. The van der Waals surface area contributed by atoms with Crippen LogP contribution in [0, 0.1) is 11.8 Å². The maximum absolute atomic E-state index is 10.7. The van der Waals surface area contributed by atoms with Crippen molar-refractivity contribution in [3.63, 3.8) is 0 Å². The number of rotatable bonds is 6. The molecule has 0 aromatic heterocycles. The Kier molecular flexibility index (Phi) is 5.86. The lowest BCUT2D eigenvalue weighted by atomic mass is 9.78. The van der Waals surface area contributed by atoms with Gasteiger partial charge in [0.15, 0.2) is 0 Å². The zero-order valence-electron chi connectivity index (χ0n) is 12.5. The molecule has 1 fully saturated rings. The van der Waals surface area contributed by atoms with Crippen LogP contribution in [0.2, 0.25) is 0 Å². The highest BCUT2D eigenvalue weighted by Crippen LogP contribution is 2.39. The second kappa shape index (κ2) is 7.65. The van der Waals surface area contributed by atoms with Gasteiger partial charge >= 0.3 is 0 Å². The van der Waals surface area contributed by atoms with E-state index >= 15 is 0 Å². The highest BCUT2D eigenvalue weighted by Gasteiger charge is 2.27. The van der Waals surface area contributed by atoms with Gasteiger partial charge in [-0.05, 0) is 30.7 Å². The molecule has 1 aromatic carbocycles. The van der Waals surface area contributed by atoms with Crippen molar-refractivity contribution < 1.29 is 14.6 Å². The summed E-state index contributed by atoms with van der Waals surface area (Å²) in [4.78, 5) is 0. The fraction of sp³-hybridized carbons (Fsp3) is 0.647. The second-order valence-electron chi connectivity index (χ2n) is 5.84. The first-order valence-corrected chi connectivity index (χ1v) is 7.61. The van der Waals surface area contributed by atoms with Gasteiger partial charge in [0, 0.05) is 12.7 Å². The predicted octanol–water partition coefficient (Wildman–Crippen LogP) is 3.57. The minimum absolute atomic E-state index is 0.360. The van der Waals surface area contributed by atoms with E-state index in [0.717, 1.165) is 30.1 Å². The van der Waals surface area contributed by atoms with Gasteiger partial charge in [-0.25, -0.2) is 0 Å². The Balaban J connectivity index is 2.03. The normalized spacial score (nSPS) is 24.4. The number of aliphatic hydroxyl groups is 1. The number of aliphatic hydroxyl groups excluding tert-OH is 1. The minimum atomic E-state index is -0.416. The van der Waals surface area contributed by atoms with Crippen molar-refractivity contribution in [2.24, 2.45) is 11.8 Å². The lowest BCUT2D eigenvalue weighted by molar-refractivity contribution is 0.0713. The van der Waals surface area contributed by atoms with Gasteiger partial charge in [-0.15, -0.1) is 0 Å². The zero-order chi connectivity index (χ0) is 14.4. The molecule has 20 heavy (non-hydrogen) atoms. The van der Waals surface area contributed by atoms with Crippen LogP contribution in [0.5, 0.6) is 5.75 Å². The number of para-hydroxylation sites is 1. The van der Waals surface area contributed by atoms with Crippen LogP contribution < -0.4 is 4.74 Å². The first-order valence-electron chi connectivity index (χ1n) is 7.61. The second-order valence-corrected chi connectivity index (χ2v) is 5.84. The molecule has 3 nitrogen and oxygen atoms in total. The molecule has 0 saturated heterocycles. The molecule has 0 bridgehead atoms. The average Bonchev–Trinajstić information content (AvgIpc) is 2.48. The van der Waals surface area contributed by atoms with E-state index < -0.39 is 6.10 Å². The van der Waals surface area contributed by atoms with Crippen molar-refractivity contribution in [2.75, 3.05) is 20.3 Å². The van der Waals surface area contributed by atoms with Gasteiger partial charge in [-0.1, -0.05) is 38.0 Å².